The molecule has 0 saturated carbocycles. The van der Waals surface area contributed by atoms with E-state index in [-0.39, 0.29) is 0 Å². The monoisotopic (exact) mass is 257 g/mol. The molecule has 0 saturated heterocycles. The summed E-state index contributed by atoms with van der Waals surface area (Å²) >= 11 is 0. The van der Waals surface area contributed by atoms with E-state index in [0.29, 0.717) is 6.54 Å². The minimum Gasteiger partial charge on any atom is -0.363 e. The highest BCUT2D eigenvalue weighted by molar-refractivity contribution is 6.37. The molecule has 1 aliphatic heterocycles. The van der Waals surface area contributed by atoms with Gasteiger partial charge in [-0.1, -0.05) is 18.2 Å². The summed E-state index contributed by atoms with van der Waals surface area (Å²) in [6.45, 7) is 2.01. The Morgan fingerprint density at radius 3 is 2.89 bits per heavy atom. The molecule has 1 aromatic carbocycles. The van der Waals surface area contributed by atoms with Crippen molar-refractivity contribution in [2.75, 3.05) is 13.1 Å². The first-order valence-electron chi connectivity index (χ1n) is 6.31. The number of benzene rings is 1. The van der Waals surface area contributed by atoms with Crippen molar-refractivity contribution in [1.29, 1.82) is 0 Å². The highest BCUT2D eigenvalue weighted by Crippen LogP contribution is 2.27. The zero-order valence-corrected chi connectivity index (χ0v) is 10.4. The molecule has 0 spiro atoms. The molecule has 3 rings (SSSR count). The van der Waals surface area contributed by atoms with Crippen molar-refractivity contribution < 1.29 is 9.59 Å². The molecule has 2 heterocycles. The summed E-state index contributed by atoms with van der Waals surface area (Å²) in [6.07, 6.45) is 0. The highest BCUT2D eigenvalue weighted by atomic mass is 16.2. The summed E-state index contributed by atoms with van der Waals surface area (Å²) in [7, 11) is 0. The van der Waals surface area contributed by atoms with Crippen molar-refractivity contribution in [3.63, 3.8) is 0 Å². The van der Waals surface area contributed by atoms with Gasteiger partial charge in [0.15, 0.2) is 0 Å². The summed E-state index contributed by atoms with van der Waals surface area (Å²) in [5.74, 6) is -1.89. The van der Waals surface area contributed by atoms with E-state index in [1.807, 2.05) is 30.3 Å². The highest BCUT2D eigenvalue weighted by Gasteiger charge is 2.29. The molecule has 0 radical (unpaired) electrons. The number of amides is 1. The molecule has 1 atom stereocenters. The number of carbonyl (C=O) groups excluding carboxylic acids is 2. The van der Waals surface area contributed by atoms with Crippen molar-refractivity contribution in [2.24, 2.45) is 5.73 Å². The second-order valence-corrected chi connectivity index (χ2v) is 4.76. The molecule has 2 aromatic rings. The Bertz CT molecular complexity index is 660. The van der Waals surface area contributed by atoms with Crippen LogP contribution in [-0.2, 0) is 16.1 Å². The lowest BCUT2D eigenvalue weighted by atomic mass is 9.99. The molecule has 0 aliphatic carbocycles. The van der Waals surface area contributed by atoms with Crippen LogP contribution in [0.25, 0.3) is 10.9 Å². The Morgan fingerprint density at radius 1 is 1.32 bits per heavy atom. The van der Waals surface area contributed by atoms with Crippen LogP contribution in [0.15, 0.2) is 30.3 Å². The number of nitrogens with zero attached hydrogens (tertiary/aromatic N) is 1. The first kappa shape index (κ1) is 11.9. The number of Topliss-reactive ketones (excluding diaryl/α,β-unsaturated/α-hetero) is 1. The van der Waals surface area contributed by atoms with Crippen molar-refractivity contribution in [1.82, 2.24) is 9.88 Å². The number of hydrogen-bond acceptors (Lipinski definition) is 3. The topological polar surface area (TPSA) is 77.1 Å². The van der Waals surface area contributed by atoms with Crippen molar-refractivity contribution >= 4 is 22.6 Å². The fourth-order valence-corrected chi connectivity index (χ4v) is 2.71. The number of aromatic nitrogens is 1. The van der Waals surface area contributed by atoms with E-state index in [9.17, 15) is 9.59 Å². The molecule has 19 heavy (non-hydrogen) atoms. The van der Waals surface area contributed by atoms with E-state index in [0.717, 1.165) is 29.7 Å². The maximum atomic E-state index is 12.0. The molecule has 3 N–H and O–H groups in total. The Balaban J connectivity index is 2.17. The largest absolute Gasteiger partial charge is 0.363 e. The van der Waals surface area contributed by atoms with Gasteiger partial charge in [-0.2, -0.15) is 0 Å². The zero-order valence-electron chi connectivity index (χ0n) is 10.4. The van der Waals surface area contributed by atoms with Crippen LogP contribution in [-0.4, -0.2) is 29.3 Å². The smallest absolute Gasteiger partial charge is 0.285 e. The molecule has 5 heteroatoms. The molecule has 5 nitrogen and oxygen atoms in total. The van der Waals surface area contributed by atoms with Gasteiger partial charge in [0.1, 0.15) is 0 Å². The van der Waals surface area contributed by atoms with Gasteiger partial charge in [0.2, 0.25) is 5.78 Å². The van der Waals surface area contributed by atoms with Crippen LogP contribution in [0.2, 0.25) is 0 Å². The lowest BCUT2D eigenvalue weighted by Crippen LogP contribution is -2.34. The van der Waals surface area contributed by atoms with Crippen LogP contribution >= 0.6 is 0 Å². The second-order valence-electron chi connectivity index (χ2n) is 4.76. The first-order valence-corrected chi connectivity index (χ1v) is 6.31. The van der Waals surface area contributed by atoms with Gasteiger partial charge in [0, 0.05) is 30.8 Å². The van der Waals surface area contributed by atoms with Gasteiger partial charge < -0.3 is 15.6 Å². The van der Waals surface area contributed by atoms with Gasteiger partial charge in [-0.15, -0.1) is 0 Å². The molecule has 1 amide bonds. The summed E-state index contributed by atoms with van der Waals surface area (Å²) in [5.41, 5.74) is 7.10. The molecular weight excluding hydrogens is 242 g/mol. The standard InChI is InChI=1S/C14H15N3O2/c15-14(19)13(18)10-8-16-5-6-17-11-4-2-1-3-9(11)7-12(10)17/h1-4,7,10,16H,5-6,8H2,(H2,15,19). The van der Waals surface area contributed by atoms with E-state index in [4.69, 9.17) is 5.73 Å². The molecule has 0 fully saturated rings. The number of nitrogens with two attached hydrogens (primary N) is 1. The van der Waals surface area contributed by atoms with Crippen molar-refractivity contribution in [3.05, 3.63) is 36.0 Å². The molecule has 0 bridgehead atoms. The van der Waals surface area contributed by atoms with Gasteiger partial charge in [-0.05, 0) is 17.5 Å². The summed E-state index contributed by atoms with van der Waals surface area (Å²) in [6, 6.07) is 9.95. The SMILES string of the molecule is NC(=O)C(=O)C1CNCCn2c1cc1ccccc12. The number of para-hydroxylation sites is 1. The lowest BCUT2D eigenvalue weighted by molar-refractivity contribution is -0.136. The predicted octanol–water partition coefficient (Wildman–Crippen LogP) is 0.383. The third kappa shape index (κ3) is 1.92. The van der Waals surface area contributed by atoms with Gasteiger partial charge in [-0.25, -0.2) is 0 Å². The average Bonchev–Trinajstić information content (AvgIpc) is 2.64. The van der Waals surface area contributed by atoms with Crippen LogP contribution in [0.1, 0.15) is 11.6 Å². The summed E-state index contributed by atoms with van der Waals surface area (Å²) in [5, 5.41) is 4.27. The van der Waals surface area contributed by atoms with Gasteiger partial charge in [0.25, 0.3) is 5.91 Å². The molecule has 98 valence electrons. The third-order valence-corrected chi connectivity index (χ3v) is 3.62. The average molecular weight is 257 g/mol. The van der Waals surface area contributed by atoms with E-state index in [1.165, 1.54) is 0 Å². The molecule has 1 unspecified atom stereocenters. The lowest BCUT2D eigenvalue weighted by Gasteiger charge is -2.12. The van der Waals surface area contributed by atoms with Crippen molar-refractivity contribution in [3.8, 4) is 0 Å². The predicted molar refractivity (Wildman–Crippen MR) is 71.8 cm³/mol. The molecular formula is C14H15N3O2. The van der Waals surface area contributed by atoms with Crippen LogP contribution < -0.4 is 11.1 Å². The quantitative estimate of drug-likeness (QED) is 0.764. The number of ketones is 1. The van der Waals surface area contributed by atoms with Gasteiger partial charge >= 0.3 is 0 Å². The number of hydrogen-bond donors (Lipinski definition) is 2. The van der Waals surface area contributed by atoms with Crippen LogP contribution in [0.4, 0.5) is 0 Å². The summed E-state index contributed by atoms with van der Waals surface area (Å²) in [4.78, 5) is 23.1. The maximum Gasteiger partial charge on any atom is 0.285 e. The van der Waals surface area contributed by atoms with Crippen LogP contribution in [0.3, 0.4) is 0 Å². The minimum absolute atomic E-state index is 0.456. The van der Waals surface area contributed by atoms with Crippen LogP contribution in [0.5, 0.6) is 0 Å². The Labute approximate surface area is 110 Å². The fraction of sp³-hybridized carbons (Fsp3) is 0.286. The first-order chi connectivity index (χ1) is 9.18. The van der Waals surface area contributed by atoms with Gasteiger partial charge in [-0.3, -0.25) is 9.59 Å². The number of fused-ring (bicyclic) bond motifs is 3. The van der Waals surface area contributed by atoms with E-state index >= 15 is 0 Å². The summed E-state index contributed by atoms with van der Waals surface area (Å²) < 4.78 is 2.10. The van der Waals surface area contributed by atoms with E-state index in [2.05, 4.69) is 9.88 Å². The number of nitrogens with one attached hydrogen (secondary N) is 1. The zero-order chi connectivity index (χ0) is 13.4. The number of carbonyl (C=O) groups is 2. The Kier molecular flexibility index (Phi) is 2.83. The molecule has 1 aromatic heterocycles. The maximum absolute atomic E-state index is 12.0. The third-order valence-electron chi connectivity index (χ3n) is 3.62. The van der Waals surface area contributed by atoms with Gasteiger partial charge in [0.05, 0.1) is 5.92 Å². The van der Waals surface area contributed by atoms with Crippen molar-refractivity contribution in [2.45, 2.75) is 12.5 Å². The fourth-order valence-electron chi connectivity index (χ4n) is 2.71. The van der Waals surface area contributed by atoms with Crippen LogP contribution in [0, 0.1) is 0 Å². The minimum atomic E-state index is -0.870. The van der Waals surface area contributed by atoms with E-state index < -0.39 is 17.6 Å². The Hall–Kier alpha value is -2.14. The van der Waals surface area contributed by atoms with E-state index in [1.54, 1.807) is 0 Å². The number of primary amides is 1. The number of rotatable bonds is 2. The second kappa shape index (κ2) is 4.51. The normalized spacial score (nSPS) is 18.8. The molecule has 1 aliphatic rings. The Morgan fingerprint density at radius 2 is 2.11 bits per heavy atom.